The van der Waals surface area contributed by atoms with Gasteiger partial charge in [0.15, 0.2) is 0 Å². The van der Waals surface area contributed by atoms with E-state index in [1.807, 2.05) is 36.1 Å². The van der Waals surface area contributed by atoms with E-state index in [4.69, 9.17) is 5.26 Å². The molecule has 0 heterocycles. The smallest absolute Gasteiger partial charge is 0.238 e. The Labute approximate surface area is 120 Å². The summed E-state index contributed by atoms with van der Waals surface area (Å²) in [7, 11) is 0. The predicted molar refractivity (Wildman–Crippen MR) is 79.3 cm³/mol. The molecule has 0 unspecified atom stereocenters. The van der Waals surface area contributed by atoms with Gasteiger partial charge in [0.1, 0.15) is 0 Å². The highest BCUT2D eigenvalue weighted by Crippen LogP contribution is 2.23. The number of anilines is 1. The molecule has 4 nitrogen and oxygen atoms in total. The third-order valence-corrected chi connectivity index (χ3v) is 3.88. The number of nitrogens with zero attached hydrogens (tertiary/aromatic N) is 2. The number of para-hydroxylation sites is 1. The number of hydrogen-bond acceptors (Lipinski definition) is 3. The number of benzene rings is 1. The fourth-order valence-electron chi connectivity index (χ4n) is 2.76. The van der Waals surface area contributed by atoms with Gasteiger partial charge in [-0.1, -0.05) is 31.0 Å². The van der Waals surface area contributed by atoms with Crippen LogP contribution in [0.2, 0.25) is 0 Å². The Morgan fingerprint density at radius 2 is 2.10 bits per heavy atom. The van der Waals surface area contributed by atoms with Crippen LogP contribution in [0, 0.1) is 18.3 Å². The number of carbonyl (C=O) groups is 1. The summed E-state index contributed by atoms with van der Waals surface area (Å²) in [5.41, 5.74) is 1.90. The second-order valence-electron chi connectivity index (χ2n) is 5.36. The summed E-state index contributed by atoms with van der Waals surface area (Å²) in [4.78, 5) is 14.1. The van der Waals surface area contributed by atoms with Gasteiger partial charge < -0.3 is 5.32 Å². The quantitative estimate of drug-likeness (QED) is 0.838. The maximum absolute atomic E-state index is 12.1. The molecule has 1 N–H and O–H groups in total. The highest BCUT2D eigenvalue weighted by Gasteiger charge is 2.24. The molecule has 0 aromatic heterocycles. The van der Waals surface area contributed by atoms with Gasteiger partial charge in [0.2, 0.25) is 5.91 Å². The lowest BCUT2D eigenvalue weighted by Crippen LogP contribution is -2.39. The van der Waals surface area contributed by atoms with Crippen molar-refractivity contribution in [1.29, 1.82) is 5.26 Å². The Kier molecular flexibility index (Phi) is 5.14. The Balaban J connectivity index is 1.94. The summed E-state index contributed by atoms with van der Waals surface area (Å²) in [6, 6.07) is 10.3. The van der Waals surface area contributed by atoms with Gasteiger partial charge in [-0.15, -0.1) is 0 Å². The molecule has 1 aliphatic rings. The number of rotatable bonds is 5. The van der Waals surface area contributed by atoms with Gasteiger partial charge in [0, 0.05) is 11.7 Å². The lowest BCUT2D eigenvalue weighted by atomic mass is 10.2. The molecule has 0 spiro atoms. The van der Waals surface area contributed by atoms with Gasteiger partial charge in [0.05, 0.1) is 19.2 Å². The SMILES string of the molecule is Cc1ccccc1NC(=O)CN(CC#N)C1CCCC1. The van der Waals surface area contributed by atoms with E-state index in [-0.39, 0.29) is 5.91 Å². The third-order valence-electron chi connectivity index (χ3n) is 3.88. The van der Waals surface area contributed by atoms with Crippen molar-refractivity contribution in [3.8, 4) is 6.07 Å². The summed E-state index contributed by atoms with van der Waals surface area (Å²) in [6.45, 7) is 2.60. The maximum atomic E-state index is 12.1. The van der Waals surface area contributed by atoms with E-state index in [0.29, 0.717) is 19.1 Å². The summed E-state index contributed by atoms with van der Waals surface area (Å²) in [5, 5.41) is 11.9. The monoisotopic (exact) mass is 271 g/mol. The molecule has 0 aliphatic heterocycles. The number of aryl methyl sites for hydroxylation is 1. The van der Waals surface area contributed by atoms with E-state index >= 15 is 0 Å². The minimum absolute atomic E-state index is 0.0403. The lowest BCUT2D eigenvalue weighted by molar-refractivity contribution is -0.117. The van der Waals surface area contributed by atoms with E-state index < -0.39 is 0 Å². The topological polar surface area (TPSA) is 56.1 Å². The first-order valence-electron chi connectivity index (χ1n) is 7.17. The van der Waals surface area contributed by atoms with Gasteiger partial charge in [-0.2, -0.15) is 5.26 Å². The largest absolute Gasteiger partial charge is 0.325 e. The average molecular weight is 271 g/mol. The molecule has 0 radical (unpaired) electrons. The van der Waals surface area contributed by atoms with Gasteiger partial charge in [0.25, 0.3) is 0 Å². The molecule has 4 heteroatoms. The second-order valence-corrected chi connectivity index (χ2v) is 5.36. The van der Waals surface area contributed by atoms with Gasteiger partial charge in [-0.05, 0) is 31.4 Å². The van der Waals surface area contributed by atoms with Crippen LogP contribution in [0.4, 0.5) is 5.69 Å². The van der Waals surface area contributed by atoms with Crippen molar-refractivity contribution < 1.29 is 4.79 Å². The van der Waals surface area contributed by atoms with Crippen LogP contribution in [0.5, 0.6) is 0 Å². The van der Waals surface area contributed by atoms with Crippen molar-refractivity contribution in [2.45, 2.75) is 38.6 Å². The van der Waals surface area contributed by atoms with Crippen LogP contribution in [-0.2, 0) is 4.79 Å². The standard InChI is InChI=1S/C16H21N3O/c1-13-6-2-5-9-15(13)18-16(20)12-19(11-10-17)14-7-3-4-8-14/h2,5-6,9,14H,3-4,7-8,11-12H2,1H3,(H,18,20). The van der Waals surface area contributed by atoms with Gasteiger partial charge >= 0.3 is 0 Å². The Morgan fingerprint density at radius 3 is 2.75 bits per heavy atom. The minimum atomic E-state index is -0.0403. The van der Waals surface area contributed by atoms with E-state index in [0.717, 1.165) is 24.1 Å². The van der Waals surface area contributed by atoms with Crippen molar-refractivity contribution >= 4 is 11.6 Å². The summed E-state index contributed by atoms with van der Waals surface area (Å²) in [5.74, 6) is -0.0403. The zero-order valence-electron chi connectivity index (χ0n) is 11.9. The molecule has 1 aromatic carbocycles. The van der Waals surface area contributed by atoms with Crippen molar-refractivity contribution in [3.63, 3.8) is 0 Å². The molecule has 1 amide bonds. The van der Waals surface area contributed by atoms with Crippen molar-refractivity contribution in [3.05, 3.63) is 29.8 Å². The van der Waals surface area contributed by atoms with Crippen molar-refractivity contribution in [2.75, 3.05) is 18.4 Å². The highest BCUT2D eigenvalue weighted by atomic mass is 16.2. The van der Waals surface area contributed by atoms with Crippen LogP contribution in [0.25, 0.3) is 0 Å². The molecule has 0 atom stereocenters. The van der Waals surface area contributed by atoms with Crippen LogP contribution in [0.1, 0.15) is 31.2 Å². The molecule has 1 aliphatic carbocycles. The molecule has 2 rings (SSSR count). The summed E-state index contributed by atoms with van der Waals surface area (Å²) >= 11 is 0. The number of hydrogen-bond donors (Lipinski definition) is 1. The molecule has 0 bridgehead atoms. The van der Waals surface area contributed by atoms with Crippen LogP contribution in [-0.4, -0.2) is 29.9 Å². The molecule has 1 saturated carbocycles. The van der Waals surface area contributed by atoms with Crippen LogP contribution < -0.4 is 5.32 Å². The maximum Gasteiger partial charge on any atom is 0.238 e. The summed E-state index contributed by atoms with van der Waals surface area (Å²) < 4.78 is 0. The minimum Gasteiger partial charge on any atom is -0.325 e. The number of nitrogens with one attached hydrogen (secondary N) is 1. The fraction of sp³-hybridized carbons (Fsp3) is 0.500. The average Bonchev–Trinajstić information content (AvgIpc) is 2.95. The summed E-state index contributed by atoms with van der Waals surface area (Å²) in [6.07, 6.45) is 4.59. The molecule has 1 aromatic rings. The van der Waals surface area contributed by atoms with E-state index in [1.54, 1.807) is 0 Å². The Bertz CT molecular complexity index is 501. The molecule has 0 saturated heterocycles. The van der Waals surface area contributed by atoms with E-state index in [2.05, 4.69) is 11.4 Å². The fourth-order valence-corrected chi connectivity index (χ4v) is 2.76. The highest BCUT2D eigenvalue weighted by molar-refractivity contribution is 5.92. The first-order chi connectivity index (χ1) is 9.70. The van der Waals surface area contributed by atoms with Crippen LogP contribution >= 0.6 is 0 Å². The normalized spacial score (nSPS) is 15.2. The number of amides is 1. The Morgan fingerprint density at radius 1 is 1.40 bits per heavy atom. The first-order valence-corrected chi connectivity index (χ1v) is 7.17. The van der Waals surface area contributed by atoms with Gasteiger partial charge in [-0.25, -0.2) is 0 Å². The van der Waals surface area contributed by atoms with Crippen molar-refractivity contribution in [1.82, 2.24) is 4.90 Å². The zero-order chi connectivity index (χ0) is 14.4. The molecule has 1 fully saturated rings. The predicted octanol–water partition coefficient (Wildman–Crippen LogP) is 2.70. The van der Waals surface area contributed by atoms with Crippen LogP contribution in [0.3, 0.4) is 0 Å². The number of nitriles is 1. The zero-order valence-corrected chi connectivity index (χ0v) is 11.9. The third kappa shape index (κ3) is 3.82. The number of carbonyl (C=O) groups excluding carboxylic acids is 1. The molecular weight excluding hydrogens is 250 g/mol. The Hall–Kier alpha value is -1.86. The molecular formula is C16H21N3O. The van der Waals surface area contributed by atoms with Crippen molar-refractivity contribution in [2.24, 2.45) is 0 Å². The van der Waals surface area contributed by atoms with Gasteiger partial charge in [-0.3, -0.25) is 9.69 Å². The molecule has 106 valence electrons. The second kappa shape index (κ2) is 7.06. The van der Waals surface area contributed by atoms with E-state index in [1.165, 1.54) is 12.8 Å². The van der Waals surface area contributed by atoms with E-state index in [9.17, 15) is 4.79 Å². The molecule has 20 heavy (non-hydrogen) atoms. The first kappa shape index (κ1) is 14.5. The lowest BCUT2D eigenvalue weighted by Gasteiger charge is -2.25. The van der Waals surface area contributed by atoms with Crippen LogP contribution in [0.15, 0.2) is 24.3 Å².